The Kier molecular flexibility index (Phi) is 6.13. The van der Waals surface area contributed by atoms with Crippen LogP contribution in [-0.4, -0.2) is 57.3 Å². The summed E-state index contributed by atoms with van der Waals surface area (Å²) < 4.78 is 1.58. The van der Waals surface area contributed by atoms with Crippen molar-refractivity contribution < 1.29 is 4.79 Å². The molecule has 1 amide bonds. The van der Waals surface area contributed by atoms with Crippen molar-refractivity contribution in [2.75, 3.05) is 36.8 Å². The first kappa shape index (κ1) is 20.2. The van der Waals surface area contributed by atoms with Crippen LogP contribution in [0.15, 0.2) is 71.3 Å². The molecule has 0 atom stereocenters. The molecule has 7 nitrogen and oxygen atoms in total. The zero-order chi connectivity index (χ0) is 20.9. The van der Waals surface area contributed by atoms with Gasteiger partial charge in [-0.25, -0.2) is 9.97 Å². The summed E-state index contributed by atoms with van der Waals surface area (Å²) in [5, 5.41) is 1.11. The molecule has 0 saturated carbocycles. The van der Waals surface area contributed by atoms with Crippen LogP contribution in [0, 0.1) is 0 Å². The summed E-state index contributed by atoms with van der Waals surface area (Å²) in [5.41, 5.74) is 0.529. The number of carbonyl (C=O) groups excluding carboxylic acids is 1. The van der Waals surface area contributed by atoms with Gasteiger partial charge in [0, 0.05) is 38.9 Å². The molecule has 3 heterocycles. The topological polar surface area (TPSA) is 71.3 Å². The normalized spacial score (nSPS) is 14.1. The fraction of sp³-hybridized carbons (Fsp3) is 0.273. The molecule has 0 unspecified atom stereocenters. The van der Waals surface area contributed by atoms with Crippen LogP contribution in [0.3, 0.4) is 0 Å². The van der Waals surface area contributed by atoms with Gasteiger partial charge in [-0.15, -0.1) is 6.58 Å². The Morgan fingerprint density at radius 3 is 2.60 bits per heavy atom. The predicted octanol–water partition coefficient (Wildman–Crippen LogP) is 2.42. The van der Waals surface area contributed by atoms with Gasteiger partial charge < -0.3 is 9.80 Å². The lowest BCUT2D eigenvalue weighted by molar-refractivity contribution is -0.128. The number of amides is 1. The minimum Gasteiger partial charge on any atom is -0.353 e. The summed E-state index contributed by atoms with van der Waals surface area (Å²) >= 11 is 1.30. The molecule has 0 spiro atoms. The fourth-order valence-corrected chi connectivity index (χ4v) is 4.40. The molecule has 0 N–H and O–H groups in total. The van der Waals surface area contributed by atoms with Gasteiger partial charge in [-0.1, -0.05) is 36.0 Å². The highest BCUT2D eigenvalue weighted by Gasteiger charge is 2.22. The molecule has 4 rings (SSSR count). The highest BCUT2D eigenvalue weighted by Crippen LogP contribution is 2.19. The Hall–Kier alpha value is -3.13. The highest BCUT2D eigenvalue weighted by atomic mass is 32.2. The molecule has 1 aliphatic rings. The third-order valence-electron chi connectivity index (χ3n) is 5.07. The van der Waals surface area contributed by atoms with Crippen molar-refractivity contribution in [2.24, 2.45) is 0 Å². The number of rotatable bonds is 6. The number of thioether (sulfide) groups is 1. The van der Waals surface area contributed by atoms with Crippen molar-refractivity contribution in [3.05, 3.63) is 71.7 Å². The van der Waals surface area contributed by atoms with Crippen molar-refractivity contribution in [3.63, 3.8) is 0 Å². The molecule has 154 valence electrons. The van der Waals surface area contributed by atoms with Crippen LogP contribution >= 0.6 is 11.8 Å². The number of hydrogen-bond acceptors (Lipinski definition) is 6. The Labute approximate surface area is 179 Å². The van der Waals surface area contributed by atoms with E-state index in [4.69, 9.17) is 0 Å². The van der Waals surface area contributed by atoms with Gasteiger partial charge in [0.1, 0.15) is 5.82 Å². The molecule has 30 heavy (non-hydrogen) atoms. The van der Waals surface area contributed by atoms with E-state index in [2.05, 4.69) is 21.4 Å². The van der Waals surface area contributed by atoms with E-state index in [1.165, 1.54) is 11.8 Å². The van der Waals surface area contributed by atoms with Crippen LogP contribution < -0.4 is 10.5 Å². The number of benzene rings is 1. The van der Waals surface area contributed by atoms with Crippen molar-refractivity contribution in [1.29, 1.82) is 0 Å². The Balaban J connectivity index is 1.43. The monoisotopic (exact) mass is 421 g/mol. The Morgan fingerprint density at radius 1 is 1.10 bits per heavy atom. The summed E-state index contributed by atoms with van der Waals surface area (Å²) in [6.07, 6.45) is 3.45. The number of allylic oxidation sites excluding steroid dienone is 1. The molecule has 3 aromatic rings. The number of pyridine rings is 1. The van der Waals surface area contributed by atoms with Gasteiger partial charge in [0.2, 0.25) is 5.91 Å². The SMILES string of the molecule is C=CCn1c(SCC(=O)N2CCN(c3ccccn3)CC2)nc2ccccc2c1=O. The maximum absolute atomic E-state index is 12.8. The van der Waals surface area contributed by atoms with Crippen molar-refractivity contribution in [3.8, 4) is 0 Å². The number of anilines is 1. The quantitative estimate of drug-likeness (QED) is 0.346. The van der Waals surface area contributed by atoms with Gasteiger partial charge in [-0.05, 0) is 24.3 Å². The summed E-state index contributed by atoms with van der Waals surface area (Å²) in [6.45, 7) is 6.91. The number of carbonyl (C=O) groups is 1. The average Bonchev–Trinajstić information content (AvgIpc) is 2.80. The van der Waals surface area contributed by atoms with Crippen LogP contribution in [0.4, 0.5) is 5.82 Å². The van der Waals surface area contributed by atoms with E-state index in [1.807, 2.05) is 41.3 Å². The van der Waals surface area contributed by atoms with Crippen molar-refractivity contribution in [2.45, 2.75) is 11.7 Å². The lowest BCUT2D eigenvalue weighted by atomic mass is 10.2. The van der Waals surface area contributed by atoms with E-state index < -0.39 is 0 Å². The molecule has 0 radical (unpaired) electrons. The van der Waals surface area contributed by atoms with Crippen LogP contribution in [0.25, 0.3) is 10.9 Å². The fourth-order valence-electron chi connectivity index (χ4n) is 3.49. The largest absolute Gasteiger partial charge is 0.353 e. The Bertz CT molecular complexity index is 1110. The molecule has 1 saturated heterocycles. The first-order valence-corrected chi connectivity index (χ1v) is 10.8. The standard InChI is InChI=1S/C22H23N5O2S/c1-2-11-27-21(29)17-7-3-4-8-18(17)24-22(27)30-16-20(28)26-14-12-25(13-15-26)19-9-5-6-10-23-19/h2-10H,1,11-16H2. The van der Waals surface area contributed by atoms with E-state index >= 15 is 0 Å². The van der Waals surface area contributed by atoms with Crippen LogP contribution in [0.1, 0.15) is 0 Å². The van der Waals surface area contributed by atoms with E-state index in [0.717, 1.165) is 18.9 Å². The number of piperazine rings is 1. The minimum absolute atomic E-state index is 0.0493. The van der Waals surface area contributed by atoms with E-state index in [0.29, 0.717) is 35.7 Å². The molecular formula is C22H23N5O2S. The van der Waals surface area contributed by atoms with Gasteiger partial charge in [0.25, 0.3) is 5.56 Å². The average molecular weight is 422 g/mol. The number of fused-ring (bicyclic) bond motifs is 1. The molecular weight excluding hydrogens is 398 g/mol. The second-order valence-electron chi connectivity index (χ2n) is 6.96. The maximum atomic E-state index is 12.8. The predicted molar refractivity (Wildman–Crippen MR) is 120 cm³/mol. The van der Waals surface area contributed by atoms with E-state index in [-0.39, 0.29) is 17.2 Å². The number of para-hydroxylation sites is 1. The summed E-state index contributed by atoms with van der Waals surface area (Å²) in [6, 6.07) is 13.1. The molecule has 0 bridgehead atoms. The van der Waals surface area contributed by atoms with Crippen LogP contribution in [0.2, 0.25) is 0 Å². The Morgan fingerprint density at radius 2 is 1.87 bits per heavy atom. The molecule has 1 fully saturated rings. The molecule has 1 aliphatic heterocycles. The minimum atomic E-state index is -0.112. The summed E-state index contributed by atoms with van der Waals surface area (Å²) in [7, 11) is 0. The second-order valence-corrected chi connectivity index (χ2v) is 7.90. The van der Waals surface area contributed by atoms with Crippen molar-refractivity contribution in [1.82, 2.24) is 19.4 Å². The number of hydrogen-bond donors (Lipinski definition) is 0. The third kappa shape index (κ3) is 4.23. The number of nitrogens with zero attached hydrogens (tertiary/aromatic N) is 5. The van der Waals surface area contributed by atoms with Crippen LogP contribution in [-0.2, 0) is 11.3 Å². The molecule has 0 aliphatic carbocycles. The van der Waals surface area contributed by atoms with Gasteiger partial charge >= 0.3 is 0 Å². The van der Waals surface area contributed by atoms with Crippen molar-refractivity contribution >= 4 is 34.4 Å². The van der Waals surface area contributed by atoms with Gasteiger partial charge in [0.05, 0.1) is 16.7 Å². The van der Waals surface area contributed by atoms with E-state index in [9.17, 15) is 9.59 Å². The first-order chi connectivity index (χ1) is 14.7. The zero-order valence-corrected chi connectivity index (χ0v) is 17.4. The smallest absolute Gasteiger partial charge is 0.262 e. The maximum Gasteiger partial charge on any atom is 0.262 e. The molecule has 1 aromatic carbocycles. The molecule has 2 aromatic heterocycles. The van der Waals surface area contributed by atoms with E-state index in [1.54, 1.807) is 22.9 Å². The van der Waals surface area contributed by atoms with Gasteiger partial charge in [-0.3, -0.25) is 14.2 Å². The first-order valence-electron chi connectivity index (χ1n) is 9.84. The lowest BCUT2D eigenvalue weighted by Gasteiger charge is -2.35. The third-order valence-corrected chi connectivity index (χ3v) is 6.03. The lowest BCUT2D eigenvalue weighted by Crippen LogP contribution is -2.49. The number of aromatic nitrogens is 3. The molecule has 8 heteroatoms. The van der Waals surface area contributed by atoms with Crippen LogP contribution in [0.5, 0.6) is 0 Å². The summed E-state index contributed by atoms with van der Waals surface area (Å²) in [5.74, 6) is 1.23. The summed E-state index contributed by atoms with van der Waals surface area (Å²) in [4.78, 5) is 38.6. The second kappa shape index (κ2) is 9.13. The highest BCUT2D eigenvalue weighted by molar-refractivity contribution is 7.99. The van der Waals surface area contributed by atoms with Gasteiger partial charge in [-0.2, -0.15) is 0 Å². The zero-order valence-electron chi connectivity index (χ0n) is 16.6. The van der Waals surface area contributed by atoms with Gasteiger partial charge in [0.15, 0.2) is 5.16 Å².